The van der Waals surface area contributed by atoms with Crippen LogP contribution in [0.4, 0.5) is 0 Å². The third-order valence-corrected chi connectivity index (χ3v) is 0.690. The van der Waals surface area contributed by atoms with Gasteiger partial charge in [-0.1, -0.05) is 13.0 Å². The highest BCUT2D eigenvalue weighted by atomic mass is 16.3. The maximum Gasteiger partial charge on any atom is 0.0715 e. The molecule has 0 aromatic heterocycles. The van der Waals surface area contributed by atoms with Crippen molar-refractivity contribution < 1.29 is 5.11 Å². The molecule has 0 bridgehead atoms. The third-order valence-electron chi connectivity index (χ3n) is 0.690. The quantitative estimate of drug-likeness (QED) is 0.479. The Balaban J connectivity index is -0.000000125. The number of hydrogen-bond acceptors (Lipinski definition) is 3. The van der Waals surface area contributed by atoms with Gasteiger partial charge in [-0.15, -0.1) is 6.58 Å². The van der Waals surface area contributed by atoms with Crippen molar-refractivity contribution in [3.8, 4) is 0 Å². The first-order valence-electron chi connectivity index (χ1n) is 2.12. The smallest absolute Gasteiger partial charge is 0.0715 e. The van der Waals surface area contributed by atoms with E-state index in [9.17, 15) is 0 Å². The van der Waals surface area contributed by atoms with Crippen molar-refractivity contribution in [3.63, 3.8) is 0 Å². The lowest BCUT2D eigenvalue weighted by atomic mass is 10.3. The van der Waals surface area contributed by atoms with Gasteiger partial charge in [0.15, 0.2) is 0 Å². The standard InChI is InChI=1S/C5H10O.2H3N/c1-3-5(6)4-2;;/h3,5-6H,1,4H2,2H3;2*1H3. The minimum atomic E-state index is -0.301. The molecule has 0 aliphatic carbocycles. The van der Waals surface area contributed by atoms with Gasteiger partial charge in [-0.25, -0.2) is 0 Å². The van der Waals surface area contributed by atoms with Crippen LogP contribution in [0.1, 0.15) is 13.3 Å². The Labute approximate surface area is 50.6 Å². The van der Waals surface area contributed by atoms with Gasteiger partial charge in [-0.3, -0.25) is 0 Å². The van der Waals surface area contributed by atoms with Gasteiger partial charge in [0.25, 0.3) is 0 Å². The monoisotopic (exact) mass is 120 g/mol. The van der Waals surface area contributed by atoms with Crippen molar-refractivity contribution in [2.45, 2.75) is 19.4 Å². The van der Waals surface area contributed by atoms with E-state index in [0.29, 0.717) is 0 Å². The highest BCUT2D eigenvalue weighted by Crippen LogP contribution is 1.86. The molecule has 0 radical (unpaired) electrons. The number of rotatable bonds is 2. The summed E-state index contributed by atoms with van der Waals surface area (Å²) in [6.45, 7) is 5.29. The molecule has 8 heavy (non-hydrogen) atoms. The first-order valence-corrected chi connectivity index (χ1v) is 2.12. The molecule has 0 aliphatic heterocycles. The zero-order chi connectivity index (χ0) is 4.99. The summed E-state index contributed by atoms with van der Waals surface area (Å²) in [5, 5.41) is 8.55. The molecule has 0 heterocycles. The van der Waals surface area contributed by atoms with Crippen LogP contribution in [0.5, 0.6) is 0 Å². The average molecular weight is 120 g/mol. The zero-order valence-electron chi connectivity index (χ0n) is 5.43. The fourth-order valence-corrected chi connectivity index (χ4v) is 0.167. The van der Waals surface area contributed by atoms with E-state index in [0.717, 1.165) is 6.42 Å². The molecule has 0 rings (SSSR count). The summed E-state index contributed by atoms with van der Waals surface area (Å²) in [7, 11) is 0. The first kappa shape index (κ1) is 15.6. The second-order valence-electron chi connectivity index (χ2n) is 1.21. The molecule has 3 heteroatoms. The number of hydrogen-bond donors (Lipinski definition) is 3. The summed E-state index contributed by atoms with van der Waals surface area (Å²) < 4.78 is 0. The summed E-state index contributed by atoms with van der Waals surface area (Å²) in [4.78, 5) is 0. The second kappa shape index (κ2) is 9.80. The summed E-state index contributed by atoms with van der Waals surface area (Å²) in [5.41, 5.74) is 0. The largest absolute Gasteiger partial charge is 0.389 e. The van der Waals surface area contributed by atoms with Crippen LogP contribution in [0.25, 0.3) is 0 Å². The predicted molar refractivity (Wildman–Crippen MR) is 36.5 cm³/mol. The highest BCUT2D eigenvalue weighted by Gasteiger charge is 1.86. The minimum Gasteiger partial charge on any atom is -0.389 e. The van der Waals surface area contributed by atoms with Crippen LogP contribution in [-0.2, 0) is 0 Å². The first-order chi connectivity index (χ1) is 2.81. The molecule has 0 aliphatic rings. The molecule has 0 aromatic rings. The third kappa shape index (κ3) is 9.15. The van der Waals surface area contributed by atoms with Gasteiger partial charge in [0.2, 0.25) is 0 Å². The van der Waals surface area contributed by atoms with Gasteiger partial charge >= 0.3 is 0 Å². The molecule has 1 atom stereocenters. The summed E-state index contributed by atoms with van der Waals surface area (Å²) in [6, 6.07) is 0. The Morgan fingerprint density at radius 2 is 2.00 bits per heavy atom. The van der Waals surface area contributed by atoms with E-state index in [1.165, 1.54) is 6.08 Å². The molecule has 1 unspecified atom stereocenters. The number of aliphatic hydroxyl groups is 1. The molecule has 3 nitrogen and oxygen atoms in total. The topological polar surface area (TPSA) is 90.2 Å². The van der Waals surface area contributed by atoms with Gasteiger partial charge in [0, 0.05) is 0 Å². The van der Waals surface area contributed by atoms with E-state index in [4.69, 9.17) is 5.11 Å². The van der Waals surface area contributed by atoms with Gasteiger partial charge in [-0.2, -0.15) is 0 Å². The molecule has 7 N–H and O–H groups in total. The average Bonchev–Trinajstić information content (AvgIpc) is 1.65. The summed E-state index contributed by atoms with van der Waals surface area (Å²) in [5.74, 6) is 0. The van der Waals surface area contributed by atoms with Crippen molar-refractivity contribution >= 4 is 0 Å². The van der Waals surface area contributed by atoms with Gasteiger partial charge < -0.3 is 17.4 Å². The lowest BCUT2D eigenvalue weighted by Crippen LogP contribution is -1.95. The normalized spacial score (nSPS) is 10.2. The SMILES string of the molecule is C=CC(O)CC.N.N. The Morgan fingerprint density at radius 1 is 1.62 bits per heavy atom. The van der Waals surface area contributed by atoms with Crippen LogP contribution in [-0.4, -0.2) is 11.2 Å². The molecular formula is C5H16N2O. The summed E-state index contributed by atoms with van der Waals surface area (Å²) in [6.07, 6.45) is 1.99. The highest BCUT2D eigenvalue weighted by molar-refractivity contribution is 4.75. The van der Waals surface area contributed by atoms with Crippen molar-refractivity contribution in [3.05, 3.63) is 12.7 Å². The zero-order valence-corrected chi connectivity index (χ0v) is 5.43. The Morgan fingerprint density at radius 3 is 2.00 bits per heavy atom. The van der Waals surface area contributed by atoms with Crippen LogP contribution in [0.15, 0.2) is 12.7 Å². The van der Waals surface area contributed by atoms with E-state index >= 15 is 0 Å². The van der Waals surface area contributed by atoms with Crippen LogP contribution in [0, 0.1) is 0 Å². The van der Waals surface area contributed by atoms with E-state index in [-0.39, 0.29) is 18.4 Å². The Kier molecular flexibility index (Phi) is 19.2. The van der Waals surface area contributed by atoms with Crippen molar-refractivity contribution in [2.24, 2.45) is 0 Å². The van der Waals surface area contributed by atoms with Crippen LogP contribution >= 0.6 is 0 Å². The lowest BCUT2D eigenvalue weighted by Gasteiger charge is -1.93. The maximum atomic E-state index is 8.55. The molecule has 0 amide bonds. The number of aliphatic hydroxyl groups excluding tert-OH is 1. The van der Waals surface area contributed by atoms with Crippen LogP contribution in [0.2, 0.25) is 0 Å². The van der Waals surface area contributed by atoms with Gasteiger partial charge in [0.05, 0.1) is 6.10 Å². The van der Waals surface area contributed by atoms with E-state index in [2.05, 4.69) is 6.58 Å². The molecular weight excluding hydrogens is 104 g/mol. The van der Waals surface area contributed by atoms with Crippen molar-refractivity contribution in [1.29, 1.82) is 0 Å². The maximum absolute atomic E-state index is 8.55. The van der Waals surface area contributed by atoms with Gasteiger partial charge in [0.1, 0.15) is 0 Å². The molecule has 0 spiro atoms. The minimum absolute atomic E-state index is 0. The molecule has 52 valence electrons. The second-order valence-corrected chi connectivity index (χ2v) is 1.21. The van der Waals surface area contributed by atoms with Crippen molar-refractivity contribution in [1.82, 2.24) is 12.3 Å². The molecule has 0 saturated carbocycles. The predicted octanol–water partition coefficient (Wildman–Crippen LogP) is 1.27. The van der Waals surface area contributed by atoms with E-state index < -0.39 is 0 Å². The Hall–Kier alpha value is -0.380. The lowest BCUT2D eigenvalue weighted by molar-refractivity contribution is 0.219. The fourth-order valence-electron chi connectivity index (χ4n) is 0.167. The van der Waals surface area contributed by atoms with E-state index in [1.807, 2.05) is 6.92 Å². The van der Waals surface area contributed by atoms with Crippen LogP contribution < -0.4 is 12.3 Å². The van der Waals surface area contributed by atoms with Gasteiger partial charge in [-0.05, 0) is 6.42 Å². The van der Waals surface area contributed by atoms with Crippen LogP contribution in [0.3, 0.4) is 0 Å². The molecule has 0 aromatic carbocycles. The molecule has 0 saturated heterocycles. The Bertz CT molecular complexity index is 47.7. The fraction of sp³-hybridized carbons (Fsp3) is 0.600. The molecule has 0 fully saturated rings. The summed E-state index contributed by atoms with van der Waals surface area (Å²) >= 11 is 0. The van der Waals surface area contributed by atoms with E-state index in [1.54, 1.807) is 0 Å². The van der Waals surface area contributed by atoms with Crippen molar-refractivity contribution in [2.75, 3.05) is 0 Å².